The number of ether oxygens (including phenoxy) is 1. The first kappa shape index (κ1) is 14.3. The van der Waals surface area contributed by atoms with Gasteiger partial charge < -0.3 is 9.64 Å². The summed E-state index contributed by atoms with van der Waals surface area (Å²) in [5.74, 6) is 7.14. The van der Waals surface area contributed by atoms with E-state index in [2.05, 4.69) is 27.2 Å². The van der Waals surface area contributed by atoms with Crippen molar-refractivity contribution in [2.24, 2.45) is 11.8 Å². The molecule has 0 radical (unpaired) electrons. The second-order valence-electron chi connectivity index (χ2n) is 4.77. The molecule has 0 amide bonds. The molecule has 1 aromatic heterocycles. The third kappa shape index (κ3) is 3.46. The van der Waals surface area contributed by atoms with Crippen LogP contribution in [0.5, 0.6) is 0 Å². The summed E-state index contributed by atoms with van der Waals surface area (Å²) in [6.45, 7) is 3.57. The smallest absolute Gasteiger partial charge is 0.239 e. The number of hydrogen-bond donors (Lipinski definition) is 2. The lowest BCUT2D eigenvalue weighted by Gasteiger charge is -2.31. The van der Waals surface area contributed by atoms with Gasteiger partial charge in [-0.1, -0.05) is 11.6 Å². The van der Waals surface area contributed by atoms with Gasteiger partial charge in [0.05, 0.1) is 12.8 Å². The second-order valence-corrected chi connectivity index (χ2v) is 5.18. The fraction of sp³-hybridized carbons (Fsp3) is 0.667. The van der Waals surface area contributed by atoms with Gasteiger partial charge in [-0.3, -0.25) is 5.43 Å². The van der Waals surface area contributed by atoms with E-state index in [9.17, 15) is 0 Å². The molecule has 3 N–H and O–H groups in total. The monoisotopic (exact) mass is 285 g/mol. The van der Waals surface area contributed by atoms with Crippen molar-refractivity contribution >= 4 is 23.4 Å². The zero-order chi connectivity index (χ0) is 13.8. The number of nitrogens with one attached hydrogen (secondary N) is 1. The van der Waals surface area contributed by atoms with E-state index in [1.807, 2.05) is 0 Å². The summed E-state index contributed by atoms with van der Waals surface area (Å²) in [6, 6.07) is 0.383. The van der Waals surface area contributed by atoms with Gasteiger partial charge in [0.25, 0.3) is 0 Å². The summed E-state index contributed by atoms with van der Waals surface area (Å²) in [4.78, 5) is 10.5. The molecule has 0 aliphatic heterocycles. The topological polar surface area (TPSA) is 76.3 Å². The molecule has 1 aliphatic rings. The summed E-state index contributed by atoms with van der Waals surface area (Å²) in [6.07, 6.45) is 4.09. The van der Waals surface area contributed by atoms with Gasteiger partial charge in [-0.25, -0.2) is 10.8 Å². The van der Waals surface area contributed by atoms with Crippen molar-refractivity contribution in [3.8, 4) is 0 Å². The predicted molar refractivity (Wildman–Crippen MR) is 76.3 cm³/mol. The Kier molecular flexibility index (Phi) is 4.79. The average Bonchev–Trinajstić information content (AvgIpc) is 3.25. The van der Waals surface area contributed by atoms with Crippen molar-refractivity contribution in [2.75, 3.05) is 30.6 Å². The van der Waals surface area contributed by atoms with Gasteiger partial charge in [0, 0.05) is 19.7 Å². The molecule has 1 saturated carbocycles. The fourth-order valence-electron chi connectivity index (χ4n) is 2.15. The molecule has 6 nitrogen and oxygen atoms in total. The van der Waals surface area contributed by atoms with Gasteiger partial charge in [0.2, 0.25) is 5.95 Å². The van der Waals surface area contributed by atoms with Crippen molar-refractivity contribution in [3.05, 3.63) is 11.2 Å². The van der Waals surface area contributed by atoms with Crippen LogP contribution in [0.2, 0.25) is 5.02 Å². The molecule has 0 bridgehead atoms. The van der Waals surface area contributed by atoms with Crippen LogP contribution in [0, 0.1) is 5.92 Å². The van der Waals surface area contributed by atoms with Crippen LogP contribution in [0.3, 0.4) is 0 Å². The zero-order valence-corrected chi connectivity index (χ0v) is 12.0. The normalized spacial score (nSPS) is 16.2. The Bertz CT molecular complexity index is 427. The van der Waals surface area contributed by atoms with Crippen molar-refractivity contribution in [1.82, 2.24) is 9.97 Å². The second kappa shape index (κ2) is 6.36. The Hall–Kier alpha value is -1.11. The number of rotatable bonds is 7. The van der Waals surface area contributed by atoms with Gasteiger partial charge in [-0.05, 0) is 25.7 Å². The molecule has 106 valence electrons. The number of hydrazine groups is 1. The van der Waals surface area contributed by atoms with Crippen LogP contribution in [0.25, 0.3) is 0 Å². The number of halogens is 1. The lowest BCUT2D eigenvalue weighted by molar-refractivity contribution is 0.202. The minimum atomic E-state index is 0.366. The van der Waals surface area contributed by atoms with Crippen LogP contribution >= 0.6 is 11.6 Å². The number of methoxy groups -OCH3 is 1. The van der Waals surface area contributed by atoms with Crippen LogP contribution in [0.15, 0.2) is 6.20 Å². The van der Waals surface area contributed by atoms with Gasteiger partial charge in [0.1, 0.15) is 5.02 Å². The van der Waals surface area contributed by atoms with E-state index in [0.29, 0.717) is 35.4 Å². The van der Waals surface area contributed by atoms with Crippen LogP contribution in [-0.2, 0) is 4.74 Å². The highest BCUT2D eigenvalue weighted by molar-refractivity contribution is 6.32. The minimum absolute atomic E-state index is 0.366. The van der Waals surface area contributed by atoms with E-state index in [1.165, 1.54) is 12.8 Å². The van der Waals surface area contributed by atoms with Crippen LogP contribution < -0.4 is 16.2 Å². The van der Waals surface area contributed by atoms with E-state index in [1.54, 1.807) is 13.3 Å². The number of nitrogens with zero attached hydrogens (tertiary/aromatic N) is 3. The van der Waals surface area contributed by atoms with E-state index < -0.39 is 0 Å². The highest BCUT2D eigenvalue weighted by atomic mass is 35.5. The Labute approximate surface area is 118 Å². The molecule has 1 heterocycles. The van der Waals surface area contributed by atoms with Crippen molar-refractivity contribution in [2.45, 2.75) is 25.8 Å². The molecule has 0 spiro atoms. The SMILES string of the molecule is COCCN(c1nc(NN)ncc1Cl)C(C)C1CC1. The molecule has 1 unspecified atom stereocenters. The number of hydrogen-bond acceptors (Lipinski definition) is 6. The maximum absolute atomic E-state index is 6.22. The van der Waals surface area contributed by atoms with E-state index >= 15 is 0 Å². The third-order valence-electron chi connectivity index (χ3n) is 3.46. The quantitative estimate of drug-likeness (QED) is 0.586. The molecule has 0 aromatic carbocycles. The molecule has 1 fully saturated rings. The summed E-state index contributed by atoms with van der Waals surface area (Å²) >= 11 is 6.22. The highest BCUT2D eigenvalue weighted by Crippen LogP contribution is 2.37. The fourth-order valence-corrected chi connectivity index (χ4v) is 2.35. The predicted octanol–water partition coefficient (Wildman–Crippen LogP) is 1.67. The molecular weight excluding hydrogens is 266 g/mol. The van der Waals surface area contributed by atoms with E-state index in [0.717, 1.165) is 6.54 Å². The van der Waals surface area contributed by atoms with Gasteiger partial charge >= 0.3 is 0 Å². The Morgan fingerprint density at radius 1 is 1.63 bits per heavy atom. The Morgan fingerprint density at radius 2 is 2.37 bits per heavy atom. The maximum atomic E-state index is 6.22. The molecule has 19 heavy (non-hydrogen) atoms. The molecule has 1 atom stereocenters. The molecule has 1 aliphatic carbocycles. The lowest BCUT2D eigenvalue weighted by atomic mass is 10.2. The zero-order valence-electron chi connectivity index (χ0n) is 11.3. The molecule has 0 saturated heterocycles. The number of anilines is 2. The molecule has 7 heteroatoms. The summed E-state index contributed by atoms with van der Waals surface area (Å²) in [5.41, 5.74) is 2.45. The first-order valence-corrected chi connectivity index (χ1v) is 6.80. The Balaban J connectivity index is 2.24. The van der Waals surface area contributed by atoms with Crippen LogP contribution in [-0.4, -0.2) is 36.3 Å². The van der Waals surface area contributed by atoms with Crippen molar-refractivity contribution in [3.63, 3.8) is 0 Å². The van der Waals surface area contributed by atoms with Crippen LogP contribution in [0.1, 0.15) is 19.8 Å². The summed E-state index contributed by atoms with van der Waals surface area (Å²) in [5, 5.41) is 0.530. The molecule has 2 rings (SSSR count). The maximum Gasteiger partial charge on any atom is 0.239 e. The Morgan fingerprint density at radius 3 is 2.95 bits per heavy atom. The highest BCUT2D eigenvalue weighted by Gasteiger charge is 2.33. The average molecular weight is 286 g/mol. The number of nitrogen functional groups attached to an aromatic ring is 1. The first-order chi connectivity index (χ1) is 9.17. The molecular formula is C12H20ClN5O. The van der Waals surface area contributed by atoms with E-state index in [4.69, 9.17) is 22.2 Å². The van der Waals surface area contributed by atoms with E-state index in [-0.39, 0.29) is 0 Å². The minimum Gasteiger partial charge on any atom is -0.383 e. The standard InChI is InChI=1S/C12H20ClN5O/c1-8(9-3-4-9)18(5-6-19-2)11-10(13)7-15-12(16-11)17-14/h7-9H,3-6,14H2,1-2H3,(H,15,16,17). The lowest BCUT2D eigenvalue weighted by Crippen LogP contribution is -2.38. The number of nitrogens with two attached hydrogens (primary N) is 1. The number of aromatic nitrogens is 2. The van der Waals surface area contributed by atoms with Gasteiger partial charge in [0.15, 0.2) is 5.82 Å². The molecule has 1 aromatic rings. The van der Waals surface area contributed by atoms with Crippen LogP contribution in [0.4, 0.5) is 11.8 Å². The van der Waals surface area contributed by atoms with Gasteiger partial charge in [-0.15, -0.1) is 0 Å². The van der Waals surface area contributed by atoms with Gasteiger partial charge in [-0.2, -0.15) is 4.98 Å². The third-order valence-corrected chi connectivity index (χ3v) is 3.73. The van der Waals surface area contributed by atoms with Crippen molar-refractivity contribution < 1.29 is 4.74 Å². The first-order valence-electron chi connectivity index (χ1n) is 6.42. The summed E-state index contributed by atoms with van der Waals surface area (Å²) in [7, 11) is 1.69. The van der Waals surface area contributed by atoms with Crippen molar-refractivity contribution in [1.29, 1.82) is 0 Å². The summed E-state index contributed by atoms with van der Waals surface area (Å²) < 4.78 is 5.17. The largest absolute Gasteiger partial charge is 0.383 e.